The van der Waals surface area contributed by atoms with Crippen LogP contribution in [0, 0.1) is 11.7 Å². The van der Waals surface area contributed by atoms with Crippen LogP contribution in [-0.4, -0.2) is 47.0 Å². The van der Waals surface area contributed by atoms with Crippen LogP contribution in [0.5, 0.6) is 0 Å². The fraction of sp³-hybridized carbons (Fsp3) is 0.524. The van der Waals surface area contributed by atoms with E-state index in [1.54, 1.807) is 7.11 Å². The highest BCUT2D eigenvalue weighted by molar-refractivity contribution is 5.18. The standard InChI is InChI=1S/C21H31FN2O2/c1-16(2)17(3)24(14-21(25)15-26-4)13-20-6-5-11-23(20)12-18-7-9-19(22)10-8-18/h5-11,16-17,21,25H,12-15H2,1-4H3. The third kappa shape index (κ3) is 5.94. The number of methoxy groups -OCH3 is 1. The molecule has 0 aliphatic heterocycles. The van der Waals surface area contributed by atoms with E-state index < -0.39 is 6.10 Å². The van der Waals surface area contributed by atoms with Crippen molar-refractivity contribution in [3.05, 3.63) is 59.7 Å². The minimum absolute atomic E-state index is 0.217. The number of benzene rings is 1. The number of nitrogens with zero attached hydrogens (tertiary/aromatic N) is 2. The molecule has 2 atom stereocenters. The molecule has 1 heterocycles. The van der Waals surface area contributed by atoms with Crippen molar-refractivity contribution in [1.29, 1.82) is 0 Å². The fourth-order valence-electron chi connectivity index (χ4n) is 3.05. The second-order valence-corrected chi connectivity index (χ2v) is 7.28. The van der Waals surface area contributed by atoms with Gasteiger partial charge in [0.15, 0.2) is 0 Å². The number of ether oxygens (including phenoxy) is 1. The number of hydrogen-bond donors (Lipinski definition) is 1. The fourth-order valence-corrected chi connectivity index (χ4v) is 3.05. The summed E-state index contributed by atoms with van der Waals surface area (Å²) in [5.41, 5.74) is 2.23. The summed E-state index contributed by atoms with van der Waals surface area (Å²) in [5.74, 6) is 0.260. The summed E-state index contributed by atoms with van der Waals surface area (Å²) in [7, 11) is 1.60. The molecular formula is C21H31FN2O2. The normalized spacial score (nSPS) is 14.2. The maximum absolute atomic E-state index is 13.1. The summed E-state index contributed by atoms with van der Waals surface area (Å²) in [5, 5.41) is 10.2. The Labute approximate surface area is 156 Å². The molecule has 2 rings (SSSR count). The van der Waals surface area contributed by atoms with Gasteiger partial charge in [-0.25, -0.2) is 4.39 Å². The molecule has 0 amide bonds. The van der Waals surface area contributed by atoms with Crippen molar-refractivity contribution < 1.29 is 14.2 Å². The number of aliphatic hydroxyl groups is 1. The number of hydrogen-bond acceptors (Lipinski definition) is 3. The van der Waals surface area contributed by atoms with Gasteiger partial charge in [0, 0.05) is 44.7 Å². The van der Waals surface area contributed by atoms with Crippen molar-refractivity contribution in [2.45, 2.75) is 46.0 Å². The SMILES string of the molecule is COCC(O)CN(Cc1cccn1Cc1ccc(F)cc1)C(C)C(C)C. The molecule has 0 aliphatic carbocycles. The molecular weight excluding hydrogens is 331 g/mol. The van der Waals surface area contributed by atoms with Crippen LogP contribution >= 0.6 is 0 Å². The number of aromatic nitrogens is 1. The summed E-state index contributed by atoms with van der Waals surface area (Å²) in [6.45, 7) is 8.92. The van der Waals surface area contributed by atoms with E-state index >= 15 is 0 Å². The van der Waals surface area contributed by atoms with Gasteiger partial charge in [-0.15, -0.1) is 0 Å². The van der Waals surface area contributed by atoms with Crippen LogP contribution in [0.3, 0.4) is 0 Å². The molecule has 0 saturated carbocycles. The predicted molar refractivity (Wildman–Crippen MR) is 103 cm³/mol. The van der Waals surface area contributed by atoms with Gasteiger partial charge in [0.2, 0.25) is 0 Å². The zero-order chi connectivity index (χ0) is 19.1. The quantitative estimate of drug-likeness (QED) is 0.703. The lowest BCUT2D eigenvalue weighted by Gasteiger charge is -2.33. The van der Waals surface area contributed by atoms with E-state index in [-0.39, 0.29) is 5.82 Å². The zero-order valence-electron chi connectivity index (χ0n) is 16.2. The highest BCUT2D eigenvalue weighted by atomic mass is 19.1. The predicted octanol–water partition coefficient (Wildman–Crippen LogP) is 3.53. The minimum atomic E-state index is -0.512. The molecule has 1 aromatic carbocycles. The summed E-state index contributed by atoms with van der Waals surface area (Å²) >= 11 is 0. The maximum Gasteiger partial charge on any atom is 0.123 e. The molecule has 0 saturated heterocycles. The first kappa shape index (κ1) is 20.6. The minimum Gasteiger partial charge on any atom is -0.389 e. The van der Waals surface area contributed by atoms with Crippen molar-refractivity contribution in [2.24, 2.45) is 5.92 Å². The smallest absolute Gasteiger partial charge is 0.123 e. The average molecular weight is 362 g/mol. The van der Waals surface area contributed by atoms with Crippen molar-refractivity contribution >= 4 is 0 Å². The molecule has 4 nitrogen and oxygen atoms in total. The van der Waals surface area contributed by atoms with E-state index in [1.807, 2.05) is 24.4 Å². The Balaban J connectivity index is 2.12. The highest BCUT2D eigenvalue weighted by Gasteiger charge is 2.21. The van der Waals surface area contributed by atoms with Gasteiger partial charge in [-0.05, 0) is 42.7 Å². The first-order valence-corrected chi connectivity index (χ1v) is 9.20. The van der Waals surface area contributed by atoms with Crippen LogP contribution in [0.1, 0.15) is 32.0 Å². The Bertz CT molecular complexity index is 654. The topological polar surface area (TPSA) is 37.6 Å². The third-order valence-electron chi connectivity index (χ3n) is 4.90. The summed E-state index contributed by atoms with van der Waals surface area (Å²) < 4.78 is 20.4. The molecule has 0 radical (unpaired) electrons. The summed E-state index contributed by atoms with van der Waals surface area (Å²) in [4.78, 5) is 2.30. The first-order valence-electron chi connectivity index (χ1n) is 9.20. The van der Waals surface area contributed by atoms with E-state index in [2.05, 4.69) is 36.3 Å². The van der Waals surface area contributed by atoms with E-state index in [1.165, 1.54) is 17.8 Å². The van der Waals surface area contributed by atoms with Gasteiger partial charge in [-0.2, -0.15) is 0 Å². The summed E-state index contributed by atoms with van der Waals surface area (Å²) in [6, 6.07) is 11.1. The second kappa shape index (κ2) is 9.86. The van der Waals surface area contributed by atoms with Crippen LogP contribution < -0.4 is 0 Å². The highest BCUT2D eigenvalue weighted by Crippen LogP contribution is 2.17. The Hall–Kier alpha value is -1.69. The van der Waals surface area contributed by atoms with Gasteiger partial charge < -0.3 is 14.4 Å². The average Bonchev–Trinajstić information content (AvgIpc) is 3.02. The van der Waals surface area contributed by atoms with Crippen molar-refractivity contribution in [3.63, 3.8) is 0 Å². The van der Waals surface area contributed by atoms with Crippen molar-refractivity contribution in [2.75, 3.05) is 20.3 Å². The van der Waals surface area contributed by atoms with E-state index in [9.17, 15) is 9.50 Å². The Morgan fingerprint density at radius 1 is 1.15 bits per heavy atom. The van der Waals surface area contributed by atoms with Crippen molar-refractivity contribution in [1.82, 2.24) is 9.47 Å². The van der Waals surface area contributed by atoms with Crippen LogP contribution in [-0.2, 0) is 17.8 Å². The van der Waals surface area contributed by atoms with E-state index in [4.69, 9.17) is 4.74 Å². The molecule has 1 aromatic heterocycles. The van der Waals surface area contributed by atoms with Crippen molar-refractivity contribution in [3.8, 4) is 0 Å². The number of aliphatic hydroxyl groups excluding tert-OH is 1. The molecule has 0 spiro atoms. The first-order chi connectivity index (χ1) is 12.4. The number of rotatable bonds is 10. The molecule has 5 heteroatoms. The molecule has 0 bridgehead atoms. The van der Waals surface area contributed by atoms with Gasteiger partial charge in [0.05, 0.1) is 12.7 Å². The monoisotopic (exact) mass is 362 g/mol. The third-order valence-corrected chi connectivity index (χ3v) is 4.90. The van der Waals surface area contributed by atoms with E-state index in [0.717, 1.165) is 12.1 Å². The van der Waals surface area contributed by atoms with Gasteiger partial charge >= 0.3 is 0 Å². The Kier molecular flexibility index (Phi) is 7.82. The van der Waals surface area contributed by atoms with Gasteiger partial charge in [0.1, 0.15) is 5.82 Å². The molecule has 2 aromatic rings. The second-order valence-electron chi connectivity index (χ2n) is 7.28. The lowest BCUT2D eigenvalue weighted by atomic mass is 10.0. The van der Waals surface area contributed by atoms with E-state index in [0.29, 0.717) is 31.7 Å². The zero-order valence-corrected chi connectivity index (χ0v) is 16.2. The molecule has 2 unspecified atom stereocenters. The van der Waals surface area contributed by atoms with Crippen LogP contribution in [0.2, 0.25) is 0 Å². The largest absolute Gasteiger partial charge is 0.389 e. The van der Waals surface area contributed by atoms with Crippen LogP contribution in [0.4, 0.5) is 4.39 Å². The lowest BCUT2D eigenvalue weighted by molar-refractivity contribution is 0.0191. The molecule has 0 aliphatic rings. The molecule has 26 heavy (non-hydrogen) atoms. The van der Waals surface area contributed by atoms with Gasteiger partial charge in [-0.3, -0.25) is 4.90 Å². The maximum atomic E-state index is 13.1. The summed E-state index contributed by atoms with van der Waals surface area (Å²) in [6.07, 6.45) is 1.53. The molecule has 0 fully saturated rings. The van der Waals surface area contributed by atoms with Gasteiger partial charge in [0.25, 0.3) is 0 Å². The Morgan fingerprint density at radius 3 is 2.46 bits per heavy atom. The number of halogens is 1. The van der Waals surface area contributed by atoms with Crippen LogP contribution in [0.15, 0.2) is 42.6 Å². The molecule has 1 N–H and O–H groups in total. The van der Waals surface area contributed by atoms with Crippen LogP contribution in [0.25, 0.3) is 0 Å². The molecule has 144 valence electrons. The Morgan fingerprint density at radius 2 is 1.85 bits per heavy atom. The van der Waals surface area contributed by atoms with Gasteiger partial charge in [-0.1, -0.05) is 26.0 Å². The lowest BCUT2D eigenvalue weighted by Crippen LogP contribution is -2.42.